The molecule has 0 saturated heterocycles. The highest BCUT2D eigenvalue weighted by Crippen LogP contribution is 2.26. The summed E-state index contributed by atoms with van der Waals surface area (Å²) in [6.45, 7) is 0.338. The zero-order chi connectivity index (χ0) is 8.97. The summed E-state index contributed by atoms with van der Waals surface area (Å²) in [5.41, 5.74) is 0.919. The average molecular weight is 232 g/mol. The van der Waals surface area contributed by atoms with Crippen LogP contribution < -0.4 is 10.6 Å². The Kier molecular flexibility index (Phi) is 3.52. The van der Waals surface area contributed by atoms with Gasteiger partial charge in [-0.05, 0) is 12.1 Å². The number of rotatable bonds is 3. The van der Waals surface area contributed by atoms with E-state index in [4.69, 9.17) is 10.6 Å². The van der Waals surface area contributed by atoms with Gasteiger partial charge in [0.25, 0.3) is 0 Å². The molecule has 0 aliphatic rings. The summed E-state index contributed by atoms with van der Waals surface area (Å²) in [5.74, 6) is 5.75. The molecule has 0 unspecified atom stereocenters. The van der Waals surface area contributed by atoms with Crippen molar-refractivity contribution in [3.63, 3.8) is 0 Å². The molecule has 0 atom stereocenters. The zero-order valence-electron chi connectivity index (χ0n) is 6.71. The zero-order valence-corrected chi connectivity index (χ0v) is 8.30. The molecule has 12 heavy (non-hydrogen) atoms. The lowest BCUT2D eigenvalue weighted by atomic mass is 10.2. The Bertz CT molecular complexity index is 265. The van der Waals surface area contributed by atoms with Crippen molar-refractivity contribution in [3.8, 4) is 5.75 Å². The van der Waals surface area contributed by atoms with Crippen molar-refractivity contribution < 1.29 is 9.57 Å². The SMILES string of the molecule is COc1cccc(Br)c1CON. The van der Waals surface area contributed by atoms with E-state index in [1.165, 1.54) is 0 Å². The Morgan fingerprint density at radius 1 is 1.50 bits per heavy atom. The third kappa shape index (κ3) is 1.97. The lowest BCUT2D eigenvalue weighted by Gasteiger charge is -2.08. The minimum absolute atomic E-state index is 0.338. The molecule has 0 aromatic heterocycles. The molecule has 0 spiro atoms. The van der Waals surface area contributed by atoms with Gasteiger partial charge in [0.1, 0.15) is 5.75 Å². The van der Waals surface area contributed by atoms with Gasteiger partial charge >= 0.3 is 0 Å². The van der Waals surface area contributed by atoms with Crippen LogP contribution in [0.5, 0.6) is 5.75 Å². The molecule has 0 amide bonds. The lowest BCUT2D eigenvalue weighted by Crippen LogP contribution is -2.01. The first-order valence-electron chi connectivity index (χ1n) is 3.42. The average Bonchev–Trinajstić information content (AvgIpc) is 2.09. The van der Waals surface area contributed by atoms with Crippen LogP contribution in [0, 0.1) is 0 Å². The summed E-state index contributed by atoms with van der Waals surface area (Å²) in [6.07, 6.45) is 0. The summed E-state index contributed by atoms with van der Waals surface area (Å²) in [7, 11) is 1.61. The van der Waals surface area contributed by atoms with Crippen LogP contribution in [0.1, 0.15) is 5.56 Å². The monoisotopic (exact) mass is 231 g/mol. The van der Waals surface area contributed by atoms with Gasteiger partial charge in [0.2, 0.25) is 0 Å². The standard InChI is InChI=1S/C8H10BrNO2/c1-11-8-4-2-3-7(9)6(8)5-12-10/h2-4H,5,10H2,1H3. The topological polar surface area (TPSA) is 44.5 Å². The van der Waals surface area contributed by atoms with Crippen LogP contribution in [0.4, 0.5) is 0 Å². The molecule has 66 valence electrons. The second kappa shape index (κ2) is 4.45. The summed E-state index contributed by atoms with van der Waals surface area (Å²) in [6, 6.07) is 5.67. The number of halogens is 1. The minimum Gasteiger partial charge on any atom is -0.496 e. The van der Waals surface area contributed by atoms with Crippen molar-refractivity contribution in [2.45, 2.75) is 6.61 Å². The molecular formula is C8H10BrNO2. The molecule has 4 heteroatoms. The van der Waals surface area contributed by atoms with Crippen LogP contribution in [-0.2, 0) is 11.4 Å². The van der Waals surface area contributed by atoms with Gasteiger partial charge in [-0.1, -0.05) is 22.0 Å². The first kappa shape index (κ1) is 9.51. The molecule has 0 bridgehead atoms. The maximum Gasteiger partial charge on any atom is 0.125 e. The Morgan fingerprint density at radius 3 is 2.83 bits per heavy atom. The fraction of sp³-hybridized carbons (Fsp3) is 0.250. The highest BCUT2D eigenvalue weighted by molar-refractivity contribution is 9.10. The lowest BCUT2D eigenvalue weighted by molar-refractivity contribution is 0.121. The number of benzene rings is 1. The summed E-state index contributed by atoms with van der Waals surface area (Å²) in [4.78, 5) is 4.54. The van der Waals surface area contributed by atoms with Crippen molar-refractivity contribution in [1.82, 2.24) is 0 Å². The molecule has 0 fully saturated rings. The van der Waals surface area contributed by atoms with Crippen molar-refractivity contribution in [2.75, 3.05) is 7.11 Å². The Labute approximate surface area is 79.5 Å². The van der Waals surface area contributed by atoms with E-state index in [1.807, 2.05) is 18.2 Å². The molecule has 2 N–H and O–H groups in total. The molecule has 1 rings (SSSR count). The molecule has 1 aromatic rings. The van der Waals surface area contributed by atoms with Crippen LogP contribution in [0.15, 0.2) is 22.7 Å². The third-order valence-electron chi connectivity index (χ3n) is 1.52. The van der Waals surface area contributed by atoms with Gasteiger partial charge in [0.15, 0.2) is 0 Å². The molecule has 1 aromatic carbocycles. The van der Waals surface area contributed by atoms with Gasteiger partial charge in [-0.25, -0.2) is 5.90 Å². The second-order valence-electron chi connectivity index (χ2n) is 2.23. The number of ether oxygens (including phenoxy) is 1. The Hall–Kier alpha value is -0.580. The molecular weight excluding hydrogens is 222 g/mol. The van der Waals surface area contributed by atoms with Gasteiger partial charge in [0, 0.05) is 10.0 Å². The quantitative estimate of drug-likeness (QED) is 0.808. The van der Waals surface area contributed by atoms with E-state index in [2.05, 4.69) is 20.8 Å². The minimum atomic E-state index is 0.338. The number of hydrogen-bond acceptors (Lipinski definition) is 3. The number of methoxy groups -OCH3 is 1. The van der Waals surface area contributed by atoms with E-state index < -0.39 is 0 Å². The van der Waals surface area contributed by atoms with Gasteiger partial charge in [0.05, 0.1) is 13.7 Å². The molecule has 0 aliphatic heterocycles. The molecule has 0 radical (unpaired) electrons. The van der Waals surface area contributed by atoms with E-state index in [0.29, 0.717) is 6.61 Å². The summed E-state index contributed by atoms with van der Waals surface area (Å²) in [5, 5.41) is 0. The van der Waals surface area contributed by atoms with E-state index in [-0.39, 0.29) is 0 Å². The van der Waals surface area contributed by atoms with Crippen LogP contribution in [0.2, 0.25) is 0 Å². The molecule has 3 nitrogen and oxygen atoms in total. The van der Waals surface area contributed by atoms with Crippen LogP contribution in [0.25, 0.3) is 0 Å². The highest BCUT2D eigenvalue weighted by atomic mass is 79.9. The molecule has 0 saturated carbocycles. The first-order valence-corrected chi connectivity index (χ1v) is 4.22. The summed E-state index contributed by atoms with van der Waals surface area (Å²) >= 11 is 3.37. The summed E-state index contributed by atoms with van der Waals surface area (Å²) < 4.78 is 6.05. The first-order chi connectivity index (χ1) is 5.79. The highest BCUT2D eigenvalue weighted by Gasteiger charge is 2.05. The van der Waals surface area contributed by atoms with E-state index in [9.17, 15) is 0 Å². The number of nitrogens with two attached hydrogens (primary N) is 1. The van der Waals surface area contributed by atoms with Crippen molar-refractivity contribution in [1.29, 1.82) is 0 Å². The maximum atomic E-state index is 5.11. The van der Waals surface area contributed by atoms with Crippen molar-refractivity contribution in [3.05, 3.63) is 28.2 Å². The van der Waals surface area contributed by atoms with E-state index in [0.717, 1.165) is 15.8 Å². The van der Waals surface area contributed by atoms with Crippen molar-refractivity contribution >= 4 is 15.9 Å². The third-order valence-corrected chi connectivity index (χ3v) is 2.27. The van der Waals surface area contributed by atoms with E-state index in [1.54, 1.807) is 7.11 Å². The fourth-order valence-electron chi connectivity index (χ4n) is 0.954. The van der Waals surface area contributed by atoms with Gasteiger partial charge in [-0.15, -0.1) is 0 Å². The largest absolute Gasteiger partial charge is 0.496 e. The molecule has 0 heterocycles. The number of hydrogen-bond donors (Lipinski definition) is 1. The fourth-order valence-corrected chi connectivity index (χ4v) is 1.42. The van der Waals surface area contributed by atoms with Crippen LogP contribution >= 0.6 is 15.9 Å². The Morgan fingerprint density at radius 2 is 2.25 bits per heavy atom. The predicted molar refractivity (Wildman–Crippen MR) is 49.7 cm³/mol. The Balaban J connectivity index is 3.02. The second-order valence-corrected chi connectivity index (χ2v) is 3.09. The molecule has 0 aliphatic carbocycles. The smallest absolute Gasteiger partial charge is 0.125 e. The van der Waals surface area contributed by atoms with E-state index >= 15 is 0 Å². The van der Waals surface area contributed by atoms with Gasteiger partial charge < -0.3 is 4.74 Å². The van der Waals surface area contributed by atoms with Crippen LogP contribution in [-0.4, -0.2) is 7.11 Å². The maximum absolute atomic E-state index is 5.11. The normalized spacial score (nSPS) is 9.92. The van der Waals surface area contributed by atoms with Gasteiger partial charge in [-0.2, -0.15) is 0 Å². The predicted octanol–water partition coefficient (Wildman–Crippen LogP) is 1.85. The van der Waals surface area contributed by atoms with Crippen molar-refractivity contribution in [2.24, 2.45) is 5.90 Å². The van der Waals surface area contributed by atoms with Gasteiger partial charge in [-0.3, -0.25) is 4.84 Å². The van der Waals surface area contributed by atoms with Crippen LogP contribution in [0.3, 0.4) is 0 Å².